The van der Waals surface area contributed by atoms with E-state index < -0.39 is 0 Å². The van der Waals surface area contributed by atoms with E-state index in [1.54, 1.807) is 22.9 Å². The molecule has 0 fully saturated rings. The second-order valence-corrected chi connectivity index (χ2v) is 4.13. The van der Waals surface area contributed by atoms with E-state index in [0.29, 0.717) is 21.6 Å². The highest BCUT2D eigenvalue weighted by Crippen LogP contribution is 2.25. The molecule has 84 valence electrons. The van der Waals surface area contributed by atoms with Gasteiger partial charge in [-0.25, -0.2) is 4.68 Å². The van der Waals surface area contributed by atoms with E-state index in [4.69, 9.17) is 28.9 Å². The van der Waals surface area contributed by atoms with Gasteiger partial charge in [-0.1, -0.05) is 35.3 Å². The summed E-state index contributed by atoms with van der Waals surface area (Å²) < 4.78 is 1.61. The molecule has 0 radical (unpaired) electrons. The molecule has 0 aliphatic heterocycles. The number of aromatic nitrogens is 3. The van der Waals surface area contributed by atoms with Crippen LogP contribution in [0.3, 0.4) is 0 Å². The van der Waals surface area contributed by atoms with Crippen LogP contribution in [0.2, 0.25) is 10.0 Å². The molecule has 1 aromatic carbocycles. The number of anilines is 1. The first-order valence-electron chi connectivity index (χ1n) is 4.79. The molecule has 4 nitrogen and oxygen atoms in total. The molecule has 0 bridgehead atoms. The van der Waals surface area contributed by atoms with Crippen molar-refractivity contribution in [3.63, 3.8) is 0 Å². The molecule has 2 N–H and O–H groups in total. The molecule has 2 aromatic rings. The van der Waals surface area contributed by atoms with E-state index in [-0.39, 0.29) is 0 Å². The quantitative estimate of drug-likeness (QED) is 0.899. The molecule has 6 heteroatoms. The summed E-state index contributed by atoms with van der Waals surface area (Å²) in [6, 6.07) is 5.17. The third-order valence-corrected chi connectivity index (χ3v) is 2.82. The molecule has 1 heterocycles. The Labute approximate surface area is 103 Å². The number of hydrogen-bond donors (Lipinski definition) is 1. The van der Waals surface area contributed by atoms with Gasteiger partial charge in [-0.2, -0.15) is 0 Å². The van der Waals surface area contributed by atoms with Crippen LogP contribution in [0.25, 0.3) is 5.69 Å². The minimum atomic E-state index is 0.415. The Bertz CT molecular complexity index is 522. The molecule has 0 aliphatic rings. The summed E-state index contributed by atoms with van der Waals surface area (Å²) in [5.74, 6) is 0.415. The fourth-order valence-corrected chi connectivity index (χ4v) is 1.85. The van der Waals surface area contributed by atoms with Crippen molar-refractivity contribution >= 4 is 29.0 Å². The zero-order valence-corrected chi connectivity index (χ0v) is 10.1. The van der Waals surface area contributed by atoms with Crippen molar-refractivity contribution in [3.8, 4) is 5.69 Å². The molecule has 2 rings (SSSR count). The van der Waals surface area contributed by atoms with Crippen molar-refractivity contribution in [2.75, 3.05) is 5.73 Å². The summed E-state index contributed by atoms with van der Waals surface area (Å²) in [6.07, 6.45) is 0.724. The minimum absolute atomic E-state index is 0.415. The number of hydrogen-bond acceptors (Lipinski definition) is 3. The maximum atomic E-state index is 6.08. The topological polar surface area (TPSA) is 56.7 Å². The van der Waals surface area contributed by atoms with E-state index in [1.165, 1.54) is 0 Å². The average Bonchev–Trinajstić information content (AvgIpc) is 2.63. The zero-order chi connectivity index (χ0) is 11.7. The van der Waals surface area contributed by atoms with Crippen LogP contribution < -0.4 is 5.73 Å². The Kier molecular flexibility index (Phi) is 3.03. The number of benzene rings is 1. The summed E-state index contributed by atoms with van der Waals surface area (Å²) in [4.78, 5) is 0. The molecule has 0 aliphatic carbocycles. The number of rotatable bonds is 2. The lowest BCUT2D eigenvalue weighted by molar-refractivity contribution is 0.767. The van der Waals surface area contributed by atoms with Gasteiger partial charge in [0.2, 0.25) is 0 Å². The lowest BCUT2D eigenvalue weighted by atomic mass is 10.3. The van der Waals surface area contributed by atoms with Gasteiger partial charge in [0, 0.05) is 5.02 Å². The summed E-state index contributed by atoms with van der Waals surface area (Å²) >= 11 is 12.0. The fraction of sp³-hybridized carbons (Fsp3) is 0.200. The third kappa shape index (κ3) is 1.86. The predicted octanol–water partition coefficient (Wildman–Crippen LogP) is 2.72. The lowest BCUT2D eigenvalue weighted by Crippen LogP contribution is -2.03. The summed E-state index contributed by atoms with van der Waals surface area (Å²) in [5.41, 5.74) is 7.22. The molecule has 1 aromatic heterocycles. The predicted molar refractivity (Wildman–Crippen MR) is 65.2 cm³/mol. The lowest BCUT2D eigenvalue weighted by Gasteiger charge is -2.07. The molecule has 0 saturated heterocycles. The Morgan fingerprint density at radius 1 is 1.38 bits per heavy atom. The Hall–Kier alpha value is -1.26. The van der Waals surface area contributed by atoms with Crippen molar-refractivity contribution < 1.29 is 0 Å². The van der Waals surface area contributed by atoms with E-state index >= 15 is 0 Å². The first-order valence-corrected chi connectivity index (χ1v) is 5.54. The van der Waals surface area contributed by atoms with Gasteiger partial charge >= 0.3 is 0 Å². The molecule has 0 saturated carbocycles. The summed E-state index contributed by atoms with van der Waals surface area (Å²) in [6.45, 7) is 1.98. The number of nitrogens with two attached hydrogens (primary N) is 1. The van der Waals surface area contributed by atoms with Crippen molar-refractivity contribution in [1.82, 2.24) is 15.0 Å². The highest BCUT2D eigenvalue weighted by atomic mass is 35.5. The van der Waals surface area contributed by atoms with Gasteiger partial charge < -0.3 is 5.73 Å². The maximum Gasteiger partial charge on any atom is 0.169 e. The van der Waals surface area contributed by atoms with E-state index in [9.17, 15) is 0 Å². The maximum absolute atomic E-state index is 6.08. The van der Waals surface area contributed by atoms with Gasteiger partial charge in [-0.3, -0.25) is 0 Å². The smallest absolute Gasteiger partial charge is 0.169 e. The Balaban J connectivity index is 2.62. The Morgan fingerprint density at radius 3 is 2.81 bits per heavy atom. The van der Waals surface area contributed by atoms with Crippen LogP contribution in [-0.2, 0) is 6.42 Å². The van der Waals surface area contributed by atoms with Crippen molar-refractivity contribution in [2.24, 2.45) is 0 Å². The molecule has 0 amide bonds. The van der Waals surface area contributed by atoms with Gasteiger partial charge in [0.15, 0.2) is 5.82 Å². The second kappa shape index (κ2) is 4.31. The molecule has 0 unspecified atom stereocenters. The Morgan fingerprint density at radius 2 is 2.12 bits per heavy atom. The SMILES string of the molecule is CCc1c(N)nnn1-c1cc(Cl)ccc1Cl. The van der Waals surface area contributed by atoms with Gasteiger partial charge in [0.1, 0.15) is 0 Å². The fourth-order valence-electron chi connectivity index (χ4n) is 1.49. The molecular formula is C10H10Cl2N4. The molecule has 16 heavy (non-hydrogen) atoms. The van der Waals surface area contributed by atoms with Crippen LogP contribution in [0, 0.1) is 0 Å². The van der Waals surface area contributed by atoms with Gasteiger partial charge in [-0.15, -0.1) is 5.10 Å². The normalized spacial score (nSPS) is 10.7. The van der Waals surface area contributed by atoms with E-state index in [1.807, 2.05) is 6.92 Å². The number of nitrogens with zero attached hydrogens (tertiary/aromatic N) is 3. The van der Waals surface area contributed by atoms with E-state index in [2.05, 4.69) is 10.3 Å². The van der Waals surface area contributed by atoms with Crippen molar-refractivity contribution in [3.05, 3.63) is 33.9 Å². The van der Waals surface area contributed by atoms with Crippen LogP contribution in [0.4, 0.5) is 5.82 Å². The minimum Gasteiger partial charge on any atom is -0.381 e. The van der Waals surface area contributed by atoms with Crippen LogP contribution in [0.5, 0.6) is 0 Å². The first kappa shape index (κ1) is 11.2. The average molecular weight is 257 g/mol. The van der Waals surface area contributed by atoms with Crippen LogP contribution in [0.1, 0.15) is 12.6 Å². The van der Waals surface area contributed by atoms with Crippen molar-refractivity contribution in [1.29, 1.82) is 0 Å². The van der Waals surface area contributed by atoms with Crippen LogP contribution in [-0.4, -0.2) is 15.0 Å². The number of nitrogen functional groups attached to an aromatic ring is 1. The second-order valence-electron chi connectivity index (χ2n) is 3.28. The van der Waals surface area contributed by atoms with Crippen LogP contribution in [0.15, 0.2) is 18.2 Å². The molecule has 0 atom stereocenters. The van der Waals surface area contributed by atoms with Crippen LogP contribution >= 0.6 is 23.2 Å². The van der Waals surface area contributed by atoms with Gasteiger partial charge in [0.25, 0.3) is 0 Å². The van der Waals surface area contributed by atoms with Gasteiger partial charge in [-0.05, 0) is 24.6 Å². The third-order valence-electron chi connectivity index (χ3n) is 2.26. The molecule has 0 spiro atoms. The standard InChI is InChI=1S/C10H10Cl2N4/c1-2-8-10(13)14-15-16(8)9-5-6(11)3-4-7(9)12/h3-5H,2,13H2,1H3. The zero-order valence-electron chi connectivity index (χ0n) is 8.61. The largest absolute Gasteiger partial charge is 0.381 e. The van der Waals surface area contributed by atoms with E-state index in [0.717, 1.165) is 12.1 Å². The summed E-state index contributed by atoms with van der Waals surface area (Å²) in [7, 11) is 0. The number of halogens is 2. The summed E-state index contributed by atoms with van der Waals surface area (Å²) in [5, 5.41) is 8.93. The first-order chi connectivity index (χ1) is 7.63. The highest BCUT2D eigenvalue weighted by Gasteiger charge is 2.12. The van der Waals surface area contributed by atoms with Gasteiger partial charge in [0.05, 0.1) is 16.4 Å². The molecular weight excluding hydrogens is 247 g/mol. The van der Waals surface area contributed by atoms with Crippen molar-refractivity contribution in [2.45, 2.75) is 13.3 Å². The monoisotopic (exact) mass is 256 g/mol. The highest BCUT2D eigenvalue weighted by molar-refractivity contribution is 6.34.